The molecule has 1 rings (SSSR count). The lowest BCUT2D eigenvalue weighted by molar-refractivity contribution is -0.0119. The average molecular weight is 287 g/mol. The minimum Gasteiger partial charge on any atom is -0.389 e. The molecule has 1 aromatic heterocycles. The summed E-state index contributed by atoms with van der Waals surface area (Å²) in [6.07, 6.45) is -0.307. The fourth-order valence-electron chi connectivity index (χ4n) is 1.73. The Morgan fingerprint density at radius 1 is 1.42 bits per heavy atom. The molecule has 1 aromatic rings. The van der Waals surface area contributed by atoms with Crippen molar-refractivity contribution in [3.8, 4) is 0 Å². The third kappa shape index (κ3) is 7.64. The molecule has 0 bridgehead atoms. The molecule has 0 aliphatic carbocycles. The minimum atomic E-state index is -0.459. The van der Waals surface area contributed by atoms with Crippen LogP contribution in [-0.4, -0.2) is 55.6 Å². The van der Waals surface area contributed by atoms with E-state index in [1.54, 1.807) is 18.4 Å². The first kappa shape index (κ1) is 16.6. The van der Waals surface area contributed by atoms with Gasteiger partial charge in [-0.2, -0.15) is 0 Å². The van der Waals surface area contributed by atoms with E-state index < -0.39 is 6.10 Å². The number of aliphatic hydroxyl groups is 1. The zero-order chi connectivity index (χ0) is 14.1. The molecule has 1 N–H and O–H groups in total. The van der Waals surface area contributed by atoms with E-state index >= 15 is 0 Å². The SMILES string of the molecule is COCCN(Cc1cccs1)C[C@@H](O)COC(C)C. The second-order valence-corrected chi connectivity index (χ2v) is 5.88. The normalized spacial score (nSPS) is 13.4. The van der Waals surface area contributed by atoms with Crippen LogP contribution in [0.2, 0.25) is 0 Å². The molecule has 5 heteroatoms. The number of nitrogens with zero attached hydrogens (tertiary/aromatic N) is 1. The van der Waals surface area contributed by atoms with Crippen LogP contribution in [0.1, 0.15) is 18.7 Å². The molecule has 0 saturated carbocycles. The number of rotatable bonds is 10. The van der Waals surface area contributed by atoms with Crippen molar-refractivity contribution in [1.29, 1.82) is 0 Å². The molecule has 1 atom stereocenters. The van der Waals surface area contributed by atoms with Crippen LogP contribution in [0, 0.1) is 0 Å². The highest BCUT2D eigenvalue weighted by molar-refractivity contribution is 7.09. The molecular formula is C14H25NO3S. The van der Waals surface area contributed by atoms with Crippen LogP contribution in [0.5, 0.6) is 0 Å². The first-order valence-corrected chi connectivity index (χ1v) is 7.53. The first-order valence-electron chi connectivity index (χ1n) is 6.65. The lowest BCUT2D eigenvalue weighted by atomic mass is 10.3. The van der Waals surface area contributed by atoms with Crippen LogP contribution in [0.4, 0.5) is 0 Å². The molecular weight excluding hydrogens is 262 g/mol. The second-order valence-electron chi connectivity index (χ2n) is 4.84. The van der Waals surface area contributed by atoms with Crippen molar-refractivity contribution < 1.29 is 14.6 Å². The lowest BCUT2D eigenvalue weighted by Crippen LogP contribution is -2.36. The highest BCUT2D eigenvalue weighted by Crippen LogP contribution is 2.12. The van der Waals surface area contributed by atoms with Gasteiger partial charge in [0.15, 0.2) is 0 Å². The van der Waals surface area contributed by atoms with Gasteiger partial charge in [-0.05, 0) is 25.3 Å². The number of thiophene rings is 1. The Balaban J connectivity index is 2.39. The highest BCUT2D eigenvalue weighted by Gasteiger charge is 2.13. The van der Waals surface area contributed by atoms with Gasteiger partial charge in [-0.25, -0.2) is 0 Å². The molecule has 0 unspecified atom stereocenters. The summed E-state index contributed by atoms with van der Waals surface area (Å²) in [5.74, 6) is 0. The first-order chi connectivity index (χ1) is 9.11. The van der Waals surface area contributed by atoms with Crippen LogP contribution in [0.3, 0.4) is 0 Å². The maximum absolute atomic E-state index is 9.99. The van der Waals surface area contributed by atoms with E-state index in [1.165, 1.54) is 4.88 Å². The molecule has 0 amide bonds. The van der Waals surface area contributed by atoms with E-state index in [1.807, 2.05) is 19.9 Å². The van der Waals surface area contributed by atoms with Gasteiger partial charge < -0.3 is 14.6 Å². The molecule has 1 heterocycles. The number of hydrogen-bond acceptors (Lipinski definition) is 5. The van der Waals surface area contributed by atoms with Crippen molar-refractivity contribution in [2.45, 2.75) is 32.6 Å². The lowest BCUT2D eigenvalue weighted by Gasteiger charge is -2.24. The Bertz CT molecular complexity index is 317. The maximum Gasteiger partial charge on any atom is 0.0900 e. The summed E-state index contributed by atoms with van der Waals surface area (Å²) in [5.41, 5.74) is 0. The van der Waals surface area contributed by atoms with E-state index in [2.05, 4.69) is 16.3 Å². The van der Waals surface area contributed by atoms with Crippen LogP contribution in [0.15, 0.2) is 17.5 Å². The van der Waals surface area contributed by atoms with Gasteiger partial charge in [0.1, 0.15) is 0 Å². The van der Waals surface area contributed by atoms with E-state index in [0.29, 0.717) is 19.8 Å². The Labute approximate surface area is 120 Å². The largest absolute Gasteiger partial charge is 0.389 e. The maximum atomic E-state index is 9.99. The molecule has 0 aliphatic heterocycles. The van der Waals surface area contributed by atoms with Crippen molar-refractivity contribution in [1.82, 2.24) is 4.90 Å². The van der Waals surface area contributed by atoms with Crippen molar-refractivity contribution in [3.05, 3.63) is 22.4 Å². The Kier molecular flexibility index (Phi) is 8.25. The summed E-state index contributed by atoms with van der Waals surface area (Å²) in [4.78, 5) is 3.50. The standard InChI is InChI=1S/C14H25NO3S/c1-12(2)18-11-13(16)9-15(6-7-17-3)10-14-5-4-8-19-14/h4-5,8,12-13,16H,6-7,9-11H2,1-3H3/t13-/m1/s1. The second kappa shape index (κ2) is 9.44. The molecule has 19 heavy (non-hydrogen) atoms. The van der Waals surface area contributed by atoms with Crippen molar-refractivity contribution in [2.75, 3.05) is 33.4 Å². The summed E-state index contributed by atoms with van der Waals surface area (Å²) in [6.45, 7) is 7.26. The highest BCUT2D eigenvalue weighted by atomic mass is 32.1. The van der Waals surface area contributed by atoms with Crippen molar-refractivity contribution >= 4 is 11.3 Å². The molecule has 4 nitrogen and oxygen atoms in total. The van der Waals surface area contributed by atoms with E-state index in [4.69, 9.17) is 9.47 Å². The van der Waals surface area contributed by atoms with Gasteiger partial charge in [0, 0.05) is 31.6 Å². The predicted octanol–water partition coefficient (Wildman–Crippen LogP) is 1.98. The Morgan fingerprint density at radius 3 is 2.79 bits per heavy atom. The number of ether oxygens (including phenoxy) is 2. The van der Waals surface area contributed by atoms with Gasteiger partial charge in [-0.3, -0.25) is 4.90 Å². The fraction of sp³-hybridized carbons (Fsp3) is 0.714. The van der Waals surface area contributed by atoms with Gasteiger partial charge in [-0.1, -0.05) is 6.07 Å². The molecule has 0 aromatic carbocycles. The van der Waals surface area contributed by atoms with Crippen LogP contribution >= 0.6 is 11.3 Å². The van der Waals surface area contributed by atoms with E-state index in [9.17, 15) is 5.11 Å². The molecule has 0 radical (unpaired) electrons. The zero-order valence-electron chi connectivity index (χ0n) is 12.0. The predicted molar refractivity (Wildman–Crippen MR) is 78.6 cm³/mol. The van der Waals surface area contributed by atoms with Gasteiger partial charge in [-0.15, -0.1) is 11.3 Å². The summed E-state index contributed by atoms with van der Waals surface area (Å²) in [7, 11) is 1.70. The quantitative estimate of drug-likeness (QED) is 0.714. The van der Waals surface area contributed by atoms with Crippen molar-refractivity contribution in [3.63, 3.8) is 0 Å². The fourth-order valence-corrected chi connectivity index (χ4v) is 2.48. The average Bonchev–Trinajstić information content (AvgIpc) is 2.86. The van der Waals surface area contributed by atoms with Gasteiger partial charge >= 0.3 is 0 Å². The molecule has 110 valence electrons. The summed E-state index contributed by atoms with van der Waals surface area (Å²) in [5, 5.41) is 12.1. The summed E-state index contributed by atoms with van der Waals surface area (Å²) >= 11 is 1.73. The number of aliphatic hydroxyl groups excluding tert-OH is 1. The van der Waals surface area contributed by atoms with Crippen LogP contribution in [-0.2, 0) is 16.0 Å². The minimum absolute atomic E-state index is 0.152. The van der Waals surface area contributed by atoms with E-state index in [-0.39, 0.29) is 6.10 Å². The van der Waals surface area contributed by atoms with Gasteiger partial charge in [0.25, 0.3) is 0 Å². The summed E-state index contributed by atoms with van der Waals surface area (Å²) in [6, 6.07) is 4.16. The molecule has 0 saturated heterocycles. The number of hydrogen-bond donors (Lipinski definition) is 1. The third-order valence-electron chi connectivity index (χ3n) is 2.66. The Morgan fingerprint density at radius 2 is 2.21 bits per heavy atom. The molecule has 0 aliphatic rings. The van der Waals surface area contributed by atoms with Gasteiger partial charge in [0.05, 0.1) is 25.4 Å². The summed E-state index contributed by atoms with van der Waals surface area (Å²) < 4.78 is 10.6. The smallest absolute Gasteiger partial charge is 0.0900 e. The molecule has 0 fully saturated rings. The zero-order valence-corrected chi connectivity index (χ0v) is 12.9. The topological polar surface area (TPSA) is 41.9 Å². The van der Waals surface area contributed by atoms with Crippen molar-refractivity contribution in [2.24, 2.45) is 0 Å². The number of methoxy groups -OCH3 is 1. The molecule has 0 spiro atoms. The Hall–Kier alpha value is -0.460. The third-order valence-corrected chi connectivity index (χ3v) is 3.52. The van der Waals surface area contributed by atoms with Gasteiger partial charge in [0.2, 0.25) is 0 Å². The monoisotopic (exact) mass is 287 g/mol. The van der Waals surface area contributed by atoms with Crippen LogP contribution in [0.25, 0.3) is 0 Å². The van der Waals surface area contributed by atoms with Crippen LogP contribution < -0.4 is 0 Å². The van der Waals surface area contributed by atoms with E-state index in [0.717, 1.165) is 13.1 Å².